The number of methoxy groups -OCH3 is 1. The fourth-order valence-corrected chi connectivity index (χ4v) is 2.34. The molecule has 124 valence electrons. The number of aromatic hydroxyl groups is 1. The Kier molecular flexibility index (Phi) is 4.63. The van der Waals surface area contributed by atoms with Crippen molar-refractivity contribution in [3.05, 3.63) is 34.9 Å². The smallest absolute Gasteiger partial charge is 0.410 e. The number of phenols is 1. The molecule has 1 aliphatic rings. The van der Waals surface area contributed by atoms with Crippen molar-refractivity contribution in [2.75, 3.05) is 7.11 Å². The van der Waals surface area contributed by atoms with E-state index in [1.54, 1.807) is 39.0 Å². The number of nitrogens with zero attached hydrogens (tertiary/aromatic N) is 1. The Labute approximate surface area is 135 Å². The molecule has 1 heterocycles. The Morgan fingerprint density at radius 3 is 2.48 bits per heavy atom. The van der Waals surface area contributed by atoms with E-state index in [-0.39, 0.29) is 12.3 Å². The quantitative estimate of drug-likeness (QED) is 0.670. The number of carbonyl (C=O) groups excluding carboxylic acids is 2. The van der Waals surface area contributed by atoms with E-state index in [0.29, 0.717) is 12.1 Å². The van der Waals surface area contributed by atoms with Gasteiger partial charge in [-0.25, -0.2) is 9.59 Å². The van der Waals surface area contributed by atoms with Crippen molar-refractivity contribution in [3.8, 4) is 5.75 Å². The molecule has 23 heavy (non-hydrogen) atoms. The number of rotatable bonds is 2. The van der Waals surface area contributed by atoms with Gasteiger partial charge in [0.15, 0.2) is 0 Å². The lowest BCUT2D eigenvalue weighted by Crippen LogP contribution is -2.33. The van der Waals surface area contributed by atoms with E-state index in [9.17, 15) is 14.7 Å². The molecule has 0 aliphatic carbocycles. The molecular weight excluding hydrogens is 298 g/mol. The minimum absolute atomic E-state index is 0.126. The van der Waals surface area contributed by atoms with Crippen molar-refractivity contribution in [1.29, 1.82) is 0 Å². The summed E-state index contributed by atoms with van der Waals surface area (Å²) in [6, 6.07) is 3.25. The molecule has 0 fully saturated rings. The van der Waals surface area contributed by atoms with Crippen molar-refractivity contribution in [1.82, 2.24) is 4.90 Å². The van der Waals surface area contributed by atoms with Gasteiger partial charge in [0.05, 0.1) is 20.2 Å². The van der Waals surface area contributed by atoms with Gasteiger partial charge in [-0.2, -0.15) is 0 Å². The standard InChI is InChI=1S/C17H21NO5/c1-17(2,3)23-16(21)18-9-12-11(6-8-15(20)22-4)5-7-14(19)13(12)10-18/h5-8,19H,9-10H2,1-4H3. The van der Waals surface area contributed by atoms with Gasteiger partial charge in [0.1, 0.15) is 11.4 Å². The van der Waals surface area contributed by atoms with Crippen molar-refractivity contribution < 1.29 is 24.2 Å². The molecule has 0 radical (unpaired) electrons. The third-order valence-electron chi connectivity index (χ3n) is 3.39. The highest BCUT2D eigenvalue weighted by atomic mass is 16.6. The Balaban J connectivity index is 2.24. The van der Waals surface area contributed by atoms with Crippen LogP contribution in [0.3, 0.4) is 0 Å². The van der Waals surface area contributed by atoms with Crippen LogP contribution in [0.2, 0.25) is 0 Å². The Bertz CT molecular complexity index is 658. The lowest BCUT2D eigenvalue weighted by molar-refractivity contribution is -0.134. The molecule has 1 aliphatic heterocycles. The summed E-state index contributed by atoms with van der Waals surface area (Å²) in [4.78, 5) is 25.0. The zero-order valence-corrected chi connectivity index (χ0v) is 13.8. The molecule has 0 saturated heterocycles. The van der Waals surface area contributed by atoms with Crippen LogP contribution in [0.1, 0.15) is 37.5 Å². The third-order valence-corrected chi connectivity index (χ3v) is 3.39. The number of amides is 1. The largest absolute Gasteiger partial charge is 0.508 e. The minimum atomic E-state index is -0.582. The first kappa shape index (κ1) is 16.9. The Hall–Kier alpha value is -2.50. The van der Waals surface area contributed by atoms with Crippen LogP contribution in [0.15, 0.2) is 18.2 Å². The molecule has 6 heteroatoms. The molecule has 0 unspecified atom stereocenters. The molecule has 0 atom stereocenters. The van der Waals surface area contributed by atoms with Crippen LogP contribution in [-0.4, -0.2) is 34.8 Å². The van der Waals surface area contributed by atoms with Gasteiger partial charge in [-0.3, -0.25) is 4.90 Å². The zero-order chi connectivity index (χ0) is 17.2. The molecule has 1 aromatic rings. The molecule has 0 aromatic heterocycles. The van der Waals surface area contributed by atoms with E-state index in [1.807, 2.05) is 0 Å². The summed E-state index contributed by atoms with van der Waals surface area (Å²) in [5.74, 6) is -0.338. The van der Waals surface area contributed by atoms with Crippen LogP contribution in [-0.2, 0) is 27.4 Å². The van der Waals surface area contributed by atoms with Gasteiger partial charge in [-0.15, -0.1) is 0 Å². The maximum atomic E-state index is 12.2. The van der Waals surface area contributed by atoms with Crippen LogP contribution < -0.4 is 0 Å². The maximum absolute atomic E-state index is 12.2. The van der Waals surface area contributed by atoms with Gasteiger partial charge in [-0.1, -0.05) is 6.07 Å². The first-order valence-corrected chi connectivity index (χ1v) is 7.29. The third kappa shape index (κ3) is 4.03. The SMILES string of the molecule is COC(=O)C=Cc1ccc(O)c2c1CN(C(=O)OC(C)(C)C)C2. The monoisotopic (exact) mass is 319 g/mol. The summed E-state index contributed by atoms with van der Waals surface area (Å²) in [5, 5.41) is 10.0. The molecular formula is C17H21NO5. The van der Waals surface area contributed by atoms with Gasteiger partial charge in [0, 0.05) is 11.6 Å². The summed E-state index contributed by atoms with van der Waals surface area (Å²) in [7, 11) is 1.30. The van der Waals surface area contributed by atoms with Gasteiger partial charge in [-0.05, 0) is 44.0 Å². The molecule has 2 rings (SSSR count). The van der Waals surface area contributed by atoms with Crippen LogP contribution in [0.25, 0.3) is 6.08 Å². The highest BCUT2D eigenvalue weighted by Gasteiger charge is 2.30. The molecule has 0 spiro atoms. The molecule has 6 nitrogen and oxygen atoms in total. The van der Waals surface area contributed by atoms with Crippen LogP contribution >= 0.6 is 0 Å². The van der Waals surface area contributed by atoms with Gasteiger partial charge >= 0.3 is 12.1 Å². The second-order valence-electron chi connectivity index (χ2n) is 6.32. The lowest BCUT2D eigenvalue weighted by atomic mass is 10.0. The highest BCUT2D eigenvalue weighted by Crippen LogP contribution is 2.34. The van der Waals surface area contributed by atoms with E-state index in [0.717, 1.165) is 11.1 Å². The Morgan fingerprint density at radius 2 is 1.87 bits per heavy atom. The first-order chi connectivity index (χ1) is 10.7. The summed E-state index contributed by atoms with van der Waals surface area (Å²) < 4.78 is 9.93. The van der Waals surface area contributed by atoms with E-state index < -0.39 is 17.7 Å². The first-order valence-electron chi connectivity index (χ1n) is 7.29. The van der Waals surface area contributed by atoms with Crippen molar-refractivity contribution in [3.63, 3.8) is 0 Å². The normalized spacial score (nSPS) is 14.0. The van der Waals surface area contributed by atoms with Crippen LogP contribution in [0, 0.1) is 0 Å². The van der Waals surface area contributed by atoms with Gasteiger partial charge < -0.3 is 14.6 Å². The van der Waals surface area contributed by atoms with Crippen molar-refractivity contribution >= 4 is 18.1 Å². The average Bonchev–Trinajstić information content (AvgIpc) is 2.90. The molecule has 1 aromatic carbocycles. The Morgan fingerprint density at radius 1 is 1.22 bits per heavy atom. The summed E-state index contributed by atoms with van der Waals surface area (Å²) in [6.45, 7) is 6.00. The molecule has 0 saturated carbocycles. The number of phenolic OH excluding ortho intramolecular Hbond substituents is 1. The van der Waals surface area contributed by atoms with E-state index in [2.05, 4.69) is 4.74 Å². The van der Waals surface area contributed by atoms with E-state index in [1.165, 1.54) is 18.1 Å². The zero-order valence-electron chi connectivity index (χ0n) is 13.8. The molecule has 1 amide bonds. The second kappa shape index (κ2) is 6.32. The lowest BCUT2D eigenvalue weighted by Gasteiger charge is -2.24. The predicted octanol–water partition coefficient (Wildman–Crippen LogP) is 2.83. The fourth-order valence-electron chi connectivity index (χ4n) is 2.34. The number of carbonyl (C=O) groups is 2. The van der Waals surface area contributed by atoms with Crippen molar-refractivity contribution in [2.45, 2.75) is 39.5 Å². The van der Waals surface area contributed by atoms with Gasteiger partial charge in [0.25, 0.3) is 0 Å². The number of esters is 1. The van der Waals surface area contributed by atoms with Crippen LogP contribution in [0.5, 0.6) is 5.75 Å². The average molecular weight is 319 g/mol. The summed E-state index contributed by atoms with van der Waals surface area (Å²) >= 11 is 0. The number of hydrogen-bond acceptors (Lipinski definition) is 5. The number of ether oxygens (including phenoxy) is 2. The molecule has 0 bridgehead atoms. The minimum Gasteiger partial charge on any atom is -0.508 e. The van der Waals surface area contributed by atoms with Crippen LogP contribution in [0.4, 0.5) is 4.79 Å². The molecule has 1 N–H and O–H groups in total. The summed E-state index contributed by atoms with van der Waals surface area (Å²) in [6.07, 6.45) is 2.49. The van der Waals surface area contributed by atoms with E-state index >= 15 is 0 Å². The van der Waals surface area contributed by atoms with Crippen molar-refractivity contribution in [2.24, 2.45) is 0 Å². The second-order valence-corrected chi connectivity index (χ2v) is 6.32. The van der Waals surface area contributed by atoms with Gasteiger partial charge in [0.2, 0.25) is 0 Å². The fraction of sp³-hybridized carbons (Fsp3) is 0.412. The van der Waals surface area contributed by atoms with E-state index in [4.69, 9.17) is 4.74 Å². The highest BCUT2D eigenvalue weighted by molar-refractivity contribution is 5.87. The predicted molar refractivity (Wildman–Crippen MR) is 84.6 cm³/mol. The topological polar surface area (TPSA) is 76.1 Å². The number of fused-ring (bicyclic) bond motifs is 1. The number of hydrogen-bond donors (Lipinski definition) is 1. The maximum Gasteiger partial charge on any atom is 0.410 e. The summed E-state index contributed by atoms with van der Waals surface area (Å²) in [5.41, 5.74) is 1.65. The number of benzene rings is 1.